The van der Waals surface area contributed by atoms with Gasteiger partial charge < -0.3 is 4.74 Å². The number of aromatic nitrogens is 1. The highest BCUT2D eigenvalue weighted by Gasteiger charge is 2.43. The third-order valence-corrected chi connectivity index (χ3v) is 2.48. The summed E-state index contributed by atoms with van der Waals surface area (Å²) in [4.78, 5) is 4.24. The highest BCUT2D eigenvalue weighted by molar-refractivity contribution is 9.10. The van der Waals surface area contributed by atoms with Gasteiger partial charge in [0.2, 0.25) is 0 Å². The minimum absolute atomic E-state index is 0.125. The fourth-order valence-electron chi connectivity index (χ4n) is 1.02. The lowest BCUT2D eigenvalue weighted by molar-refractivity contribution is 0.323. The van der Waals surface area contributed by atoms with Crippen LogP contribution in [0.5, 0.6) is 0 Å². The molecule has 58 valence electrons. The highest BCUT2D eigenvalue weighted by atomic mass is 79.9. The number of epoxide rings is 1. The second-order valence-electron chi connectivity index (χ2n) is 2.85. The number of pyridine rings is 1. The largest absolute Gasteiger partial charge is 0.363 e. The molecule has 1 aliphatic rings. The first-order valence-electron chi connectivity index (χ1n) is 3.47. The lowest BCUT2D eigenvalue weighted by Crippen LogP contribution is -2.05. The minimum atomic E-state index is -0.125. The molecule has 1 fully saturated rings. The van der Waals surface area contributed by atoms with Gasteiger partial charge in [0.25, 0.3) is 0 Å². The van der Waals surface area contributed by atoms with Crippen LogP contribution in [-0.2, 0) is 10.3 Å². The van der Waals surface area contributed by atoms with Gasteiger partial charge in [-0.1, -0.05) is 0 Å². The molecule has 3 heteroatoms. The van der Waals surface area contributed by atoms with Gasteiger partial charge in [0.15, 0.2) is 0 Å². The second-order valence-corrected chi connectivity index (χ2v) is 3.71. The molecule has 1 atom stereocenters. The number of halogens is 1. The molecule has 0 bridgehead atoms. The van der Waals surface area contributed by atoms with Gasteiger partial charge in [-0.2, -0.15) is 0 Å². The monoisotopic (exact) mass is 213 g/mol. The van der Waals surface area contributed by atoms with E-state index in [1.807, 2.05) is 19.1 Å². The van der Waals surface area contributed by atoms with Crippen LogP contribution in [0.25, 0.3) is 0 Å². The van der Waals surface area contributed by atoms with Crippen LogP contribution in [0.2, 0.25) is 0 Å². The fourth-order valence-corrected chi connectivity index (χ4v) is 1.69. The molecule has 0 radical (unpaired) electrons. The van der Waals surface area contributed by atoms with Crippen LogP contribution in [0.4, 0.5) is 0 Å². The molecule has 2 rings (SSSR count). The van der Waals surface area contributed by atoms with E-state index >= 15 is 0 Å². The van der Waals surface area contributed by atoms with Crippen molar-refractivity contribution < 1.29 is 4.74 Å². The zero-order chi connectivity index (χ0) is 7.90. The zero-order valence-corrected chi connectivity index (χ0v) is 7.76. The van der Waals surface area contributed by atoms with Gasteiger partial charge in [-0.15, -0.1) is 0 Å². The summed E-state index contributed by atoms with van der Waals surface area (Å²) in [7, 11) is 0. The molecule has 0 N–H and O–H groups in total. The molecule has 0 spiro atoms. The van der Waals surface area contributed by atoms with Crippen LogP contribution in [0.15, 0.2) is 22.8 Å². The molecule has 1 saturated heterocycles. The molecule has 11 heavy (non-hydrogen) atoms. The van der Waals surface area contributed by atoms with Crippen molar-refractivity contribution in [2.24, 2.45) is 0 Å². The smallest absolute Gasteiger partial charge is 0.132 e. The summed E-state index contributed by atoms with van der Waals surface area (Å²) in [5.41, 5.74) is 0.875. The molecule has 1 aromatic heterocycles. The summed E-state index contributed by atoms with van der Waals surface area (Å²) in [6.45, 7) is 2.82. The predicted molar refractivity (Wildman–Crippen MR) is 45.2 cm³/mol. The Balaban J connectivity index is 2.45. The topological polar surface area (TPSA) is 25.4 Å². The molecular formula is C8H8BrNO. The van der Waals surface area contributed by atoms with Crippen LogP contribution < -0.4 is 0 Å². The van der Waals surface area contributed by atoms with Crippen LogP contribution in [0, 0.1) is 0 Å². The van der Waals surface area contributed by atoms with Crippen molar-refractivity contribution in [1.82, 2.24) is 4.98 Å². The maximum atomic E-state index is 5.27. The van der Waals surface area contributed by atoms with Gasteiger partial charge in [0.05, 0.1) is 12.3 Å². The van der Waals surface area contributed by atoms with Crippen molar-refractivity contribution in [3.8, 4) is 0 Å². The first kappa shape index (κ1) is 7.25. The van der Waals surface area contributed by atoms with Crippen molar-refractivity contribution in [2.45, 2.75) is 12.5 Å². The van der Waals surface area contributed by atoms with E-state index in [4.69, 9.17) is 4.74 Å². The number of hydrogen-bond acceptors (Lipinski definition) is 2. The second kappa shape index (κ2) is 2.29. The number of nitrogens with zero attached hydrogens (tertiary/aromatic N) is 1. The lowest BCUT2D eigenvalue weighted by atomic mass is 10.1. The quantitative estimate of drug-likeness (QED) is 0.668. The molecular weight excluding hydrogens is 206 g/mol. The number of hydrogen-bond donors (Lipinski definition) is 0. The Labute approximate surface area is 73.7 Å². The van der Waals surface area contributed by atoms with E-state index in [0.717, 1.165) is 16.8 Å². The van der Waals surface area contributed by atoms with Gasteiger partial charge in [-0.25, -0.2) is 0 Å². The fraction of sp³-hybridized carbons (Fsp3) is 0.375. The summed E-state index contributed by atoms with van der Waals surface area (Å²) in [6, 6.07) is 3.88. The van der Waals surface area contributed by atoms with E-state index < -0.39 is 0 Å². The van der Waals surface area contributed by atoms with E-state index in [1.54, 1.807) is 6.20 Å². The van der Waals surface area contributed by atoms with Gasteiger partial charge in [0.1, 0.15) is 5.60 Å². The molecule has 2 nitrogen and oxygen atoms in total. The Bertz CT molecular complexity index is 283. The van der Waals surface area contributed by atoms with Crippen molar-refractivity contribution in [1.29, 1.82) is 0 Å². The van der Waals surface area contributed by atoms with E-state index in [2.05, 4.69) is 20.9 Å². The van der Waals surface area contributed by atoms with Crippen LogP contribution in [-0.4, -0.2) is 11.6 Å². The standard InChI is InChI=1S/C8H8BrNO/c1-8(5-11-8)7-6(9)3-2-4-10-7/h2-4H,5H2,1H3. The van der Waals surface area contributed by atoms with E-state index in [0.29, 0.717) is 0 Å². The maximum absolute atomic E-state index is 5.27. The molecule has 1 aliphatic heterocycles. The summed E-state index contributed by atoms with van der Waals surface area (Å²) in [5.74, 6) is 0. The van der Waals surface area contributed by atoms with Gasteiger partial charge >= 0.3 is 0 Å². The third kappa shape index (κ3) is 1.19. The van der Waals surface area contributed by atoms with Crippen molar-refractivity contribution in [3.05, 3.63) is 28.5 Å². The van der Waals surface area contributed by atoms with Crippen LogP contribution in [0.3, 0.4) is 0 Å². The molecule has 0 saturated carbocycles. The molecule has 0 aliphatic carbocycles. The Morgan fingerprint density at radius 3 is 3.00 bits per heavy atom. The van der Waals surface area contributed by atoms with E-state index in [1.165, 1.54) is 0 Å². The maximum Gasteiger partial charge on any atom is 0.132 e. The van der Waals surface area contributed by atoms with Crippen LogP contribution >= 0.6 is 15.9 Å². The molecule has 0 aromatic carbocycles. The summed E-state index contributed by atoms with van der Waals surface area (Å²) in [5, 5.41) is 0. The normalized spacial score (nSPS) is 28.5. The van der Waals surface area contributed by atoms with Gasteiger partial charge in [0, 0.05) is 10.7 Å². The SMILES string of the molecule is CC1(c2ncccc2Br)CO1. The average molecular weight is 214 g/mol. The Hall–Kier alpha value is -0.410. The van der Waals surface area contributed by atoms with Crippen molar-refractivity contribution in [2.75, 3.05) is 6.61 Å². The van der Waals surface area contributed by atoms with E-state index in [9.17, 15) is 0 Å². The molecule has 2 heterocycles. The Morgan fingerprint density at radius 2 is 2.45 bits per heavy atom. The minimum Gasteiger partial charge on any atom is -0.363 e. The summed E-state index contributed by atoms with van der Waals surface area (Å²) < 4.78 is 6.30. The Morgan fingerprint density at radius 1 is 1.73 bits per heavy atom. The van der Waals surface area contributed by atoms with Crippen molar-refractivity contribution in [3.63, 3.8) is 0 Å². The van der Waals surface area contributed by atoms with E-state index in [-0.39, 0.29) is 5.60 Å². The van der Waals surface area contributed by atoms with Crippen molar-refractivity contribution >= 4 is 15.9 Å². The number of ether oxygens (including phenoxy) is 1. The predicted octanol–water partition coefficient (Wildman–Crippen LogP) is 2.09. The third-order valence-electron chi connectivity index (χ3n) is 1.84. The molecule has 0 amide bonds. The van der Waals surface area contributed by atoms with Gasteiger partial charge in [-0.3, -0.25) is 4.98 Å². The van der Waals surface area contributed by atoms with Gasteiger partial charge in [-0.05, 0) is 35.0 Å². The first-order valence-corrected chi connectivity index (χ1v) is 4.27. The molecule has 1 unspecified atom stereocenters. The highest BCUT2D eigenvalue weighted by Crippen LogP contribution is 2.39. The first-order chi connectivity index (χ1) is 5.22. The molecule has 1 aromatic rings. The Kier molecular flexibility index (Phi) is 1.51. The summed E-state index contributed by atoms with van der Waals surface area (Å²) >= 11 is 3.43. The average Bonchev–Trinajstić information content (AvgIpc) is 2.70. The lowest BCUT2D eigenvalue weighted by Gasteiger charge is -2.05. The number of rotatable bonds is 1. The van der Waals surface area contributed by atoms with Crippen LogP contribution in [0.1, 0.15) is 12.6 Å². The zero-order valence-electron chi connectivity index (χ0n) is 6.17. The summed E-state index contributed by atoms with van der Waals surface area (Å²) in [6.07, 6.45) is 1.78.